The van der Waals surface area contributed by atoms with Crippen LogP contribution in [0.1, 0.15) is 42.6 Å². The van der Waals surface area contributed by atoms with Gasteiger partial charge in [-0.05, 0) is 29.9 Å². The van der Waals surface area contributed by atoms with Gasteiger partial charge >= 0.3 is 0 Å². The van der Waals surface area contributed by atoms with Gasteiger partial charge in [-0.1, -0.05) is 49.8 Å². The van der Waals surface area contributed by atoms with E-state index >= 15 is 0 Å². The molecule has 0 atom stereocenters. The molecule has 3 heterocycles. The number of amides is 1. The third kappa shape index (κ3) is 4.23. The van der Waals surface area contributed by atoms with Gasteiger partial charge in [0.25, 0.3) is 11.7 Å². The first kappa shape index (κ1) is 22.6. The maximum Gasteiger partial charge on any atom is 0.295 e. The van der Waals surface area contributed by atoms with Gasteiger partial charge in [0.05, 0.1) is 31.4 Å². The van der Waals surface area contributed by atoms with Crippen molar-refractivity contribution in [2.24, 2.45) is 5.92 Å². The summed E-state index contributed by atoms with van der Waals surface area (Å²) in [6, 6.07) is 10.4. The number of Topliss-reactive ketones (excluding diaryl/α,β-unsaturated/α-hetero) is 1. The Bertz CT molecular complexity index is 1200. The summed E-state index contributed by atoms with van der Waals surface area (Å²) in [7, 11) is 3.00. The molecule has 0 spiro atoms. The van der Waals surface area contributed by atoms with E-state index in [9.17, 15) is 9.59 Å². The molecule has 1 aliphatic heterocycles. The SMILES string of the molecule is COc1ncc(OC)c2c(C(=O)C(=O)N3CCC(=C(c4ccccc4)C(C)C)CC3)c[nH]c12. The fourth-order valence-corrected chi connectivity index (χ4v) is 4.65. The number of hydrogen-bond acceptors (Lipinski definition) is 5. The van der Waals surface area contributed by atoms with Crippen molar-refractivity contribution in [1.82, 2.24) is 14.9 Å². The molecule has 1 saturated heterocycles. The zero-order valence-corrected chi connectivity index (χ0v) is 19.5. The second-order valence-corrected chi connectivity index (χ2v) is 8.45. The quantitative estimate of drug-likeness (QED) is 0.444. The van der Waals surface area contributed by atoms with E-state index in [0.29, 0.717) is 41.5 Å². The highest BCUT2D eigenvalue weighted by Crippen LogP contribution is 2.35. The Morgan fingerprint density at radius 2 is 1.76 bits per heavy atom. The zero-order chi connectivity index (χ0) is 23.5. The first-order valence-electron chi connectivity index (χ1n) is 11.1. The minimum atomic E-state index is -0.563. The van der Waals surface area contributed by atoms with Gasteiger partial charge in [0.15, 0.2) is 0 Å². The summed E-state index contributed by atoms with van der Waals surface area (Å²) in [5.74, 6) is 0.0724. The van der Waals surface area contributed by atoms with Crippen LogP contribution >= 0.6 is 0 Å². The number of likely N-dealkylation sites (tertiary alicyclic amines) is 1. The standard InChI is InChI=1S/C26H29N3O4/c1-16(2)21(17-8-6-5-7-9-17)18-10-12-29(13-11-18)26(31)24(30)19-14-27-23-22(19)20(32-3)15-28-25(23)33-4/h5-9,14-16,27H,10-13H2,1-4H3. The maximum atomic E-state index is 13.2. The van der Waals surface area contributed by atoms with E-state index in [4.69, 9.17) is 9.47 Å². The number of H-pyrrole nitrogens is 1. The Kier molecular flexibility index (Phi) is 6.49. The molecule has 1 amide bonds. The minimum Gasteiger partial charge on any atom is -0.494 e. The van der Waals surface area contributed by atoms with Gasteiger partial charge in [0.2, 0.25) is 5.88 Å². The highest BCUT2D eigenvalue weighted by atomic mass is 16.5. The Morgan fingerprint density at radius 3 is 2.36 bits per heavy atom. The molecule has 1 fully saturated rings. The number of ether oxygens (including phenoxy) is 2. The maximum absolute atomic E-state index is 13.2. The number of fused-ring (bicyclic) bond motifs is 1. The number of benzene rings is 1. The molecular weight excluding hydrogens is 418 g/mol. The fraction of sp³-hybridized carbons (Fsp3) is 0.346. The van der Waals surface area contributed by atoms with Gasteiger partial charge < -0.3 is 19.4 Å². The molecule has 0 bridgehead atoms. The Labute approximate surface area is 193 Å². The molecule has 172 valence electrons. The lowest BCUT2D eigenvalue weighted by Crippen LogP contribution is -2.40. The number of aromatic amines is 1. The monoisotopic (exact) mass is 447 g/mol. The van der Waals surface area contributed by atoms with Gasteiger partial charge in [-0.25, -0.2) is 4.98 Å². The number of aromatic nitrogens is 2. The number of allylic oxidation sites excluding steroid dienone is 1. The second-order valence-electron chi connectivity index (χ2n) is 8.45. The number of pyridine rings is 1. The van der Waals surface area contributed by atoms with E-state index in [1.807, 2.05) is 6.07 Å². The van der Waals surface area contributed by atoms with Crippen molar-refractivity contribution < 1.29 is 19.1 Å². The first-order valence-corrected chi connectivity index (χ1v) is 11.1. The summed E-state index contributed by atoms with van der Waals surface area (Å²) in [5.41, 5.74) is 4.72. The van der Waals surface area contributed by atoms with E-state index < -0.39 is 11.7 Å². The zero-order valence-electron chi connectivity index (χ0n) is 19.5. The molecule has 4 rings (SSSR count). The molecule has 0 radical (unpaired) electrons. The fourth-order valence-electron chi connectivity index (χ4n) is 4.65. The average Bonchev–Trinajstić information content (AvgIpc) is 3.29. The summed E-state index contributed by atoms with van der Waals surface area (Å²) < 4.78 is 10.7. The highest BCUT2D eigenvalue weighted by molar-refractivity contribution is 6.45. The Hall–Kier alpha value is -3.61. The summed E-state index contributed by atoms with van der Waals surface area (Å²) in [5, 5.41) is 0.506. The summed E-state index contributed by atoms with van der Waals surface area (Å²) in [6.07, 6.45) is 4.54. The first-order chi connectivity index (χ1) is 16.0. The number of rotatable bonds is 6. The van der Waals surface area contributed by atoms with Crippen LogP contribution in [0.5, 0.6) is 11.6 Å². The number of methoxy groups -OCH3 is 2. The molecule has 0 unspecified atom stereocenters. The molecule has 7 nitrogen and oxygen atoms in total. The number of hydrogen-bond donors (Lipinski definition) is 1. The number of nitrogens with zero attached hydrogens (tertiary/aromatic N) is 2. The van der Waals surface area contributed by atoms with Crippen molar-refractivity contribution in [2.75, 3.05) is 27.3 Å². The largest absolute Gasteiger partial charge is 0.494 e. The lowest BCUT2D eigenvalue weighted by Gasteiger charge is -2.30. The van der Waals surface area contributed by atoms with Crippen molar-refractivity contribution >= 4 is 28.2 Å². The number of nitrogens with one attached hydrogen (secondary N) is 1. The minimum absolute atomic E-state index is 0.265. The van der Waals surface area contributed by atoms with Crippen LogP contribution in [0.15, 0.2) is 48.3 Å². The van der Waals surface area contributed by atoms with Gasteiger partial charge in [-0.3, -0.25) is 9.59 Å². The molecule has 0 aliphatic carbocycles. The summed E-state index contributed by atoms with van der Waals surface area (Å²) >= 11 is 0. The second kappa shape index (κ2) is 9.48. The predicted octanol–water partition coefficient (Wildman–Crippen LogP) is 4.50. The van der Waals surface area contributed by atoms with Gasteiger partial charge in [0.1, 0.15) is 11.3 Å². The average molecular weight is 448 g/mol. The van der Waals surface area contributed by atoms with Crippen LogP contribution in [0.4, 0.5) is 0 Å². The smallest absolute Gasteiger partial charge is 0.295 e. The predicted molar refractivity (Wildman–Crippen MR) is 128 cm³/mol. The van der Waals surface area contributed by atoms with Crippen LogP contribution in [0, 0.1) is 5.92 Å². The topological polar surface area (TPSA) is 84.5 Å². The number of piperidine rings is 1. The number of carbonyl (C=O) groups excluding carboxylic acids is 2. The van der Waals surface area contributed by atoms with Crippen molar-refractivity contribution in [1.29, 1.82) is 0 Å². The normalized spacial score (nSPS) is 14.0. The number of carbonyl (C=O) groups is 2. The van der Waals surface area contributed by atoms with Gasteiger partial charge in [-0.15, -0.1) is 0 Å². The van der Waals surface area contributed by atoms with Crippen LogP contribution in [-0.4, -0.2) is 53.9 Å². The molecule has 33 heavy (non-hydrogen) atoms. The summed E-state index contributed by atoms with van der Waals surface area (Å²) in [6.45, 7) is 5.44. The van der Waals surface area contributed by atoms with Crippen LogP contribution in [0.25, 0.3) is 16.5 Å². The van der Waals surface area contributed by atoms with Crippen LogP contribution in [0.2, 0.25) is 0 Å². The molecule has 7 heteroatoms. The van der Waals surface area contributed by atoms with E-state index in [0.717, 1.165) is 12.8 Å². The van der Waals surface area contributed by atoms with Crippen LogP contribution in [0.3, 0.4) is 0 Å². The van der Waals surface area contributed by atoms with E-state index in [1.165, 1.54) is 43.3 Å². The van der Waals surface area contributed by atoms with E-state index in [1.54, 1.807) is 4.90 Å². The molecule has 1 N–H and O–H groups in total. The molecule has 1 aliphatic rings. The lowest BCUT2D eigenvalue weighted by molar-refractivity contribution is -0.126. The Balaban J connectivity index is 1.57. The van der Waals surface area contributed by atoms with Crippen molar-refractivity contribution in [3.05, 3.63) is 59.4 Å². The van der Waals surface area contributed by atoms with E-state index in [-0.39, 0.29) is 5.56 Å². The van der Waals surface area contributed by atoms with Crippen molar-refractivity contribution in [3.63, 3.8) is 0 Å². The van der Waals surface area contributed by atoms with Gasteiger partial charge in [-0.2, -0.15) is 0 Å². The molecule has 2 aromatic heterocycles. The Morgan fingerprint density at radius 1 is 1.06 bits per heavy atom. The lowest BCUT2D eigenvalue weighted by atomic mass is 9.86. The third-order valence-corrected chi connectivity index (χ3v) is 6.19. The van der Waals surface area contributed by atoms with E-state index in [2.05, 4.69) is 48.1 Å². The molecule has 3 aromatic rings. The summed E-state index contributed by atoms with van der Waals surface area (Å²) in [4.78, 5) is 35.2. The molecule has 1 aromatic carbocycles. The van der Waals surface area contributed by atoms with Crippen molar-refractivity contribution in [2.45, 2.75) is 26.7 Å². The van der Waals surface area contributed by atoms with Crippen LogP contribution in [-0.2, 0) is 4.79 Å². The highest BCUT2D eigenvalue weighted by Gasteiger charge is 2.30. The van der Waals surface area contributed by atoms with Crippen molar-refractivity contribution in [3.8, 4) is 11.6 Å². The molecular formula is C26H29N3O4. The third-order valence-electron chi connectivity index (χ3n) is 6.19. The number of ketones is 1. The van der Waals surface area contributed by atoms with Crippen LogP contribution < -0.4 is 9.47 Å². The van der Waals surface area contributed by atoms with Gasteiger partial charge in [0, 0.05) is 19.3 Å². The molecule has 0 saturated carbocycles.